The lowest BCUT2D eigenvalue weighted by Crippen LogP contribution is -2.03. The molecule has 4 heteroatoms. The first-order valence-electron chi connectivity index (χ1n) is 9.44. The third-order valence-corrected chi connectivity index (χ3v) is 5.38. The van der Waals surface area contributed by atoms with Crippen LogP contribution < -0.4 is 5.73 Å². The number of pyridine rings is 1. The monoisotopic (exact) mass is 374 g/mol. The molecular weight excluding hydrogens is 356 g/mol. The Labute approximate surface area is 168 Å². The lowest BCUT2D eigenvalue weighted by Gasteiger charge is -2.16. The molecule has 0 saturated heterocycles. The van der Waals surface area contributed by atoms with E-state index >= 15 is 0 Å². The number of hydrogen-bond donors (Lipinski definition) is 2. The fourth-order valence-corrected chi connectivity index (χ4v) is 4.09. The summed E-state index contributed by atoms with van der Waals surface area (Å²) in [5, 5.41) is 12.2. The lowest BCUT2D eigenvalue weighted by atomic mass is 9.89. The minimum Gasteiger partial charge on any atom is -0.383 e. The van der Waals surface area contributed by atoms with Crippen molar-refractivity contribution in [3.8, 4) is 28.3 Å². The van der Waals surface area contributed by atoms with Gasteiger partial charge in [-0.2, -0.15) is 5.26 Å². The van der Waals surface area contributed by atoms with Crippen LogP contribution in [-0.2, 0) is 0 Å². The third kappa shape index (κ3) is 2.64. The summed E-state index contributed by atoms with van der Waals surface area (Å²) >= 11 is 0. The van der Waals surface area contributed by atoms with Gasteiger partial charge in [0.05, 0.1) is 0 Å². The van der Waals surface area contributed by atoms with Gasteiger partial charge in [-0.25, -0.2) is 4.98 Å². The number of aromatic amines is 1. The molecule has 0 aliphatic heterocycles. The van der Waals surface area contributed by atoms with Gasteiger partial charge in [-0.15, -0.1) is 0 Å². The van der Waals surface area contributed by atoms with Gasteiger partial charge < -0.3 is 10.7 Å². The average Bonchev–Trinajstić information content (AvgIpc) is 3.12. The summed E-state index contributed by atoms with van der Waals surface area (Å²) in [4.78, 5) is 7.91. The number of aryl methyl sites for hydroxylation is 1. The van der Waals surface area contributed by atoms with E-state index in [2.05, 4.69) is 40.3 Å². The van der Waals surface area contributed by atoms with Crippen LogP contribution in [0.1, 0.15) is 11.3 Å². The number of nitrogens with two attached hydrogens (primary N) is 1. The van der Waals surface area contributed by atoms with Crippen molar-refractivity contribution in [3.63, 3.8) is 0 Å². The first-order valence-corrected chi connectivity index (χ1v) is 9.44. The number of nitrogens with zero attached hydrogens (tertiary/aromatic N) is 2. The van der Waals surface area contributed by atoms with Crippen LogP contribution in [0.5, 0.6) is 0 Å². The molecule has 0 spiro atoms. The van der Waals surface area contributed by atoms with E-state index in [1.54, 1.807) is 0 Å². The van der Waals surface area contributed by atoms with E-state index < -0.39 is 0 Å². The molecule has 5 aromatic rings. The molecule has 4 nitrogen and oxygen atoms in total. The second-order valence-electron chi connectivity index (χ2n) is 7.12. The fourth-order valence-electron chi connectivity index (χ4n) is 4.09. The summed E-state index contributed by atoms with van der Waals surface area (Å²) < 4.78 is 0. The Morgan fingerprint density at radius 1 is 0.828 bits per heavy atom. The first-order chi connectivity index (χ1) is 14.2. The average molecular weight is 374 g/mol. The van der Waals surface area contributed by atoms with Crippen molar-refractivity contribution in [2.45, 2.75) is 6.92 Å². The van der Waals surface area contributed by atoms with Crippen LogP contribution >= 0.6 is 0 Å². The highest BCUT2D eigenvalue weighted by molar-refractivity contribution is 6.09. The number of nitrogens with one attached hydrogen (secondary N) is 1. The maximum atomic E-state index is 9.89. The molecule has 138 valence electrons. The number of rotatable bonds is 2. The Morgan fingerprint density at radius 2 is 1.55 bits per heavy atom. The van der Waals surface area contributed by atoms with Crippen molar-refractivity contribution in [2.75, 3.05) is 5.73 Å². The Kier molecular flexibility index (Phi) is 3.82. The number of nitrogen functional groups attached to an aromatic ring is 1. The van der Waals surface area contributed by atoms with Crippen LogP contribution in [0.4, 0.5) is 5.82 Å². The Morgan fingerprint density at radius 3 is 2.34 bits per heavy atom. The number of para-hydroxylation sites is 1. The van der Waals surface area contributed by atoms with Crippen molar-refractivity contribution in [1.82, 2.24) is 9.97 Å². The molecule has 5 rings (SSSR count). The van der Waals surface area contributed by atoms with E-state index in [0.717, 1.165) is 49.8 Å². The molecule has 0 saturated carbocycles. The van der Waals surface area contributed by atoms with Crippen molar-refractivity contribution in [2.24, 2.45) is 0 Å². The first kappa shape index (κ1) is 17.0. The van der Waals surface area contributed by atoms with Gasteiger partial charge >= 0.3 is 0 Å². The van der Waals surface area contributed by atoms with Crippen LogP contribution in [0.25, 0.3) is 44.1 Å². The Balaban J connectivity index is 1.88. The number of aromatic nitrogens is 2. The van der Waals surface area contributed by atoms with Crippen LogP contribution in [0.3, 0.4) is 0 Å². The lowest BCUT2D eigenvalue weighted by molar-refractivity contribution is 1.20. The molecule has 0 unspecified atom stereocenters. The third-order valence-electron chi connectivity index (χ3n) is 5.38. The summed E-state index contributed by atoms with van der Waals surface area (Å²) in [6, 6.07) is 26.8. The second kappa shape index (κ2) is 6.50. The molecule has 3 aromatic carbocycles. The molecule has 3 N–H and O–H groups in total. The maximum absolute atomic E-state index is 9.89. The van der Waals surface area contributed by atoms with Crippen molar-refractivity contribution in [1.29, 1.82) is 5.26 Å². The van der Waals surface area contributed by atoms with Crippen LogP contribution in [-0.4, -0.2) is 9.97 Å². The largest absolute Gasteiger partial charge is 0.383 e. The smallest absolute Gasteiger partial charge is 0.142 e. The molecular formula is C25H18N4. The second-order valence-corrected chi connectivity index (χ2v) is 7.12. The van der Waals surface area contributed by atoms with Gasteiger partial charge in [0.2, 0.25) is 0 Å². The zero-order valence-corrected chi connectivity index (χ0v) is 15.9. The Hall–Kier alpha value is -4.10. The summed E-state index contributed by atoms with van der Waals surface area (Å²) in [6.45, 7) is 1.94. The molecule has 0 bridgehead atoms. The minimum atomic E-state index is 0.263. The van der Waals surface area contributed by atoms with Gasteiger partial charge in [0.15, 0.2) is 0 Å². The predicted molar refractivity (Wildman–Crippen MR) is 118 cm³/mol. The molecule has 0 atom stereocenters. The maximum Gasteiger partial charge on any atom is 0.142 e. The topological polar surface area (TPSA) is 78.5 Å². The number of benzene rings is 3. The molecule has 2 aromatic heterocycles. The van der Waals surface area contributed by atoms with Gasteiger partial charge in [-0.1, -0.05) is 54.6 Å². The summed E-state index contributed by atoms with van der Waals surface area (Å²) in [6.07, 6.45) is 0. The fraction of sp³-hybridized carbons (Fsp3) is 0.0400. The van der Waals surface area contributed by atoms with Gasteiger partial charge in [-0.3, -0.25) is 0 Å². The van der Waals surface area contributed by atoms with E-state index in [0.29, 0.717) is 5.56 Å². The molecule has 0 fully saturated rings. The standard InChI is InChI=1S/C25H18N4/c1-15-23(16-7-3-2-4-8-16)24(20(14-26)25(27)28-15)17-11-12-22-19(13-17)18-9-5-6-10-21(18)29-22/h2-13,29H,1H3,(H2,27,28). The SMILES string of the molecule is Cc1nc(N)c(C#N)c(-c2ccc3[nH]c4ccccc4c3c2)c1-c1ccccc1. The highest BCUT2D eigenvalue weighted by Crippen LogP contribution is 2.40. The van der Waals surface area contributed by atoms with Crippen molar-refractivity contribution in [3.05, 3.63) is 84.1 Å². The molecule has 0 radical (unpaired) electrons. The van der Waals surface area contributed by atoms with Gasteiger partial charge in [0.1, 0.15) is 17.5 Å². The summed E-state index contributed by atoms with van der Waals surface area (Å²) in [5.74, 6) is 0.263. The van der Waals surface area contributed by atoms with Crippen molar-refractivity contribution < 1.29 is 0 Å². The molecule has 2 heterocycles. The van der Waals surface area contributed by atoms with E-state index in [-0.39, 0.29) is 5.82 Å². The van der Waals surface area contributed by atoms with E-state index in [4.69, 9.17) is 5.73 Å². The minimum absolute atomic E-state index is 0.263. The number of fused-ring (bicyclic) bond motifs is 3. The highest BCUT2D eigenvalue weighted by atomic mass is 14.8. The normalized spacial score (nSPS) is 11.0. The van der Waals surface area contributed by atoms with Gasteiger partial charge in [0, 0.05) is 38.6 Å². The zero-order chi connectivity index (χ0) is 20.0. The summed E-state index contributed by atoms with van der Waals surface area (Å²) in [7, 11) is 0. The van der Waals surface area contributed by atoms with E-state index in [1.807, 2.05) is 55.5 Å². The van der Waals surface area contributed by atoms with Crippen molar-refractivity contribution >= 4 is 27.6 Å². The predicted octanol–water partition coefficient (Wildman–Crippen LogP) is 5.81. The number of H-pyrrole nitrogens is 1. The molecule has 0 amide bonds. The van der Waals surface area contributed by atoms with Crippen LogP contribution in [0.15, 0.2) is 72.8 Å². The van der Waals surface area contributed by atoms with Crippen LogP contribution in [0, 0.1) is 18.3 Å². The quantitative estimate of drug-likeness (QED) is 0.409. The van der Waals surface area contributed by atoms with Crippen LogP contribution in [0.2, 0.25) is 0 Å². The molecule has 29 heavy (non-hydrogen) atoms. The number of nitriles is 1. The summed E-state index contributed by atoms with van der Waals surface area (Å²) in [5.41, 5.74) is 13.3. The Bertz CT molecular complexity index is 1420. The van der Waals surface area contributed by atoms with E-state index in [9.17, 15) is 5.26 Å². The number of hydrogen-bond acceptors (Lipinski definition) is 3. The highest BCUT2D eigenvalue weighted by Gasteiger charge is 2.20. The van der Waals surface area contributed by atoms with Gasteiger partial charge in [-0.05, 0) is 36.2 Å². The molecule has 0 aliphatic carbocycles. The molecule has 0 aliphatic rings. The van der Waals surface area contributed by atoms with E-state index in [1.165, 1.54) is 0 Å². The number of anilines is 1. The zero-order valence-electron chi connectivity index (χ0n) is 15.9. The van der Waals surface area contributed by atoms with Gasteiger partial charge in [0.25, 0.3) is 0 Å².